The minimum Gasteiger partial charge on any atom is -0.310 e. The first-order valence-corrected chi connectivity index (χ1v) is 14.1. The third kappa shape index (κ3) is 4.17. The average molecular weight is 441 g/mol. The first kappa shape index (κ1) is 21.6. The lowest BCUT2D eigenvalue weighted by Gasteiger charge is -2.56. The molecular formula is C28H48N4+4. The number of piperazine rings is 6. The number of nitrogens with zero attached hydrogens (tertiary/aromatic N) is 4. The minimum absolute atomic E-state index is 1.29. The molecule has 0 aromatic heterocycles. The normalized spacial score (nSPS) is 42.6. The fourth-order valence-electron chi connectivity index (χ4n) is 8.23. The van der Waals surface area contributed by atoms with E-state index in [4.69, 9.17) is 0 Å². The molecule has 1 aromatic carbocycles. The van der Waals surface area contributed by atoms with Crippen molar-refractivity contribution in [3.63, 3.8) is 0 Å². The molecule has 0 N–H and O–H groups in total. The van der Waals surface area contributed by atoms with Gasteiger partial charge in [0.15, 0.2) is 0 Å². The Morgan fingerprint density at radius 3 is 1.12 bits per heavy atom. The van der Waals surface area contributed by atoms with E-state index in [9.17, 15) is 0 Å². The van der Waals surface area contributed by atoms with Gasteiger partial charge in [0.1, 0.15) is 91.6 Å². The van der Waals surface area contributed by atoms with Gasteiger partial charge in [-0.2, -0.15) is 0 Å². The van der Waals surface area contributed by atoms with Crippen molar-refractivity contribution in [2.45, 2.75) is 51.6 Å². The van der Waals surface area contributed by atoms with E-state index >= 15 is 0 Å². The van der Waals surface area contributed by atoms with Gasteiger partial charge in [0.2, 0.25) is 0 Å². The molecule has 0 unspecified atom stereocenters. The molecule has 16 rings (SSSR count). The van der Waals surface area contributed by atoms with Gasteiger partial charge in [0.25, 0.3) is 0 Å². The van der Waals surface area contributed by atoms with E-state index in [1.807, 2.05) is 0 Å². The van der Waals surface area contributed by atoms with Crippen LogP contribution in [0.1, 0.15) is 49.7 Å². The number of hydrogen-bond donors (Lipinski definition) is 0. The number of benzene rings is 1. The molecule has 32 heavy (non-hydrogen) atoms. The van der Waals surface area contributed by atoms with Crippen LogP contribution in [0.5, 0.6) is 0 Å². The summed E-state index contributed by atoms with van der Waals surface area (Å²) in [4.78, 5) is 0. The molecule has 4 heteroatoms. The Balaban J connectivity index is 1.21. The van der Waals surface area contributed by atoms with Gasteiger partial charge < -0.3 is 17.9 Å². The average Bonchev–Trinajstić information content (AvgIpc) is 2.83. The van der Waals surface area contributed by atoms with Crippen molar-refractivity contribution in [2.75, 3.05) is 91.6 Å². The maximum absolute atomic E-state index is 2.61. The lowest BCUT2D eigenvalue weighted by molar-refractivity contribution is -1.09. The van der Waals surface area contributed by atoms with Gasteiger partial charge in [0.05, 0.1) is 13.1 Å². The van der Waals surface area contributed by atoms with Crippen LogP contribution >= 0.6 is 0 Å². The lowest BCUT2D eigenvalue weighted by Crippen LogP contribution is -2.74. The van der Waals surface area contributed by atoms with Crippen LogP contribution in [0.3, 0.4) is 0 Å². The summed E-state index contributed by atoms with van der Waals surface area (Å²) < 4.78 is 5.67. The van der Waals surface area contributed by atoms with Crippen molar-refractivity contribution in [2.24, 2.45) is 0 Å². The molecule has 0 spiro atoms. The lowest BCUT2D eigenvalue weighted by atomic mass is 10.0. The zero-order valence-corrected chi connectivity index (χ0v) is 20.7. The quantitative estimate of drug-likeness (QED) is 0.543. The fourth-order valence-corrected chi connectivity index (χ4v) is 8.23. The first-order valence-electron chi connectivity index (χ1n) is 14.1. The van der Waals surface area contributed by atoms with Crippen molar-refractivity contribution in [3.8, 4) is 0 Å². The second kappa shape index (κ2) is 8.37. The van der Waals surface area contributed by atoms with Crippen molar-refractivity contribution in [1.82, 2.24) is 0 Å². The molecule has 6 saturated heterocycles. The Hall–Kier alpha value is -0.940. The number of quaternary nitrogens is 4. The van der Waals surface area contributed by atoms with E-state index in [1.165, 1.54) is 161 Å². The van der Waals surface area contributed by atoms with E-state index < -0.39 is 0 Å². The molecule has 6 bridgehead atoms. The Kier molecular flexibility index (Phi) is 5.65. The van der Waals surface area contributed by atoms with E-state index in [-0.39, 0.29) is 0 Å². The van der Waals surface area contributed by atoms with E-state index in [0.29, 0.717) is 0 Å². The van der Waals surface area contributed by atoms with Crippen molar-refractivity contribution < 1.29 is 17.9 Å². The van der Waals surface area contributed by atoms with Crippen LogP contribution in [0.4, 0.5) is 0 Å². The molecular weight excluding hydrogens is 392 g/mol. The van der Waals surface area contributed by atoms with Gasteiger partial charge in [-0.25, -0.2) is 0 Å². The second-order valence-corrected chi connectivity index (χ2v) is 12.8. The van der Waals surface area contributed by atoms with Crippen LogP contribution in [0.25, 0.3) is 0 Å². The number of rotatable bonds is 0. The highest BCUT2D eigenvalue weighted by atomic mass is 15.5. The van der Waals surface area contributed by atoms with E-state index in [0.717, 1.165) is 0 Å². The highest BCUT2D eigenvalue weighted by Gasteiger charge is 2.50. The molecule has 15 aliphatic heterocycles. The molecule has 15 aliphatic rings. The summed E-state index contributed by atoms with van der Waals surface area (Å²) in [5, 5.41) is 0. The van der Waals surface area contributed by atoms with Gasteiger partial charge >= 0.3 is 0 Å². The molecule has 4 nitrogen and oxygen atoms in total. The third-order valence-corrected chi connectivity index (χ3v) is 10.8. The van der Waals surface area contributed by atoms with Gasteiger partial charge in [-0.3, -0.25) is 0 Å². The van der Waals surface area contributed by atoms with Crippen LogP contribution in [-0.4, -0.2) is 110 Å². The Bertz CT molecular complexity index is 705. The summed E-state index contributed by atoms with van der Waals surface area (Å²) in [5.74, 6) is 0. The first-order chi connectivity index (χ1) is 15.6. The van der Waals surface area contributed by atoms with Crippen LogP contribution in [0.2, 0.25) is 0 Å². The van der Waals surface area contributed by atoms with Gasteiger partial charge in [-0.15, -0.1) is 0 Å². The predicted molar refractivity (Wildman–Crippen MR) is 131 cm³/mol. The summed E-state index contributed by atoms with van der Waals surface area (Å²) in [5.41, 5.74) is 3.24. The zero-order chi connectivity index (χ0) is 21.5. The van der Waals surface area contributed by atoms with Gasteiger partial charge in [0, 0.05) is 11.1 Å². The molecule has 0 atom stereocenters. The molecule has 0 saturated carbocycles. The highest BCUT2D eigenvalue weighted by molar-refractivity contribution is 5.22. The van der Waals surface area contributed by atoms with Crippen LogP contribution in [0, 0.1) is 0 Å². The summed E-state index contributed by atoms with van der Waals surface area (Å²) in [6.45, 7) is 22.7. The Morgan fingerprint density at radius 1 is 0.375 bits per heavy atom. The second-order valence-electron chi connectivity index (χ2n) is 12.8. The molecule has 15 heterocycles. The largest absolute Gasteiger partial charge is 0.310 e. The fraction of sp³-hybridized carbons (Fsp3) is 0.786. The SMILES string of the molecule is c1cc2cc(c1)C[N+]13CC[N+](CCCCCCCC[N+]45CC[N+](CC4)(CC5)C2)(CC1)CC3. The van der Waals surface area contributed by atoms with Gasteiger partial charge in [-0.05, 0) is 31.7 Å². The van der Waals surface area contributed by atoms with Crippen molar-refractivity contribution >= 4 is 0 Å². The van der Waals surface area contributed by atoms with Crippen LogP contribution in [0.15, 0.2) is 24.3 Å². The molecule has 1 aromatic rings. The molecule has 6 fully saturated rings. The maximum atomic E-state index is 2.61. The molecule has 0 aliphatic carbocycles. The monoisotopic (exact) mass is 440 g/mol. The number of hydrogen-bond acceptors (Lipinski definition) is 0. The standard InChI is InChI=1S/C28H48N4/c1-2-4-6-11-30-15-21-32(22-16-30,23-17-30)26-28-9-7-8-27(24-28)25-31-18-12-29(13-19-31,14-20-31)10-5-3-1/h7-9,24H,1-6,10-23,25-26H2/q+4. The van der Waals surface area contributed by atoms with Gasteiger partial charge in [-0.1, -0.05) is 31.0 Å². The smallest absolute Gasteiger partial charge is 0.129 e. The summed E-state index contributed by atoms with van der Waals surface area (Å²) in [6, 6.07) is 9.86. The predicted octanol–water partition coefficient (Wildman–Crippen LogP) is 3.36. The summed E-state index contributed by atoms with van der Waals surface area (Å²) in [7, 11) is 0. The van der Waals surface area contributed by atoms with E-state index in [1.54, 1.807) is 11.1 Å². The Morgan fingerprint density at radius 2 is 0.719 bits per heavy atom. The van der Waals surface area contributed by atoms with Crippen molar-refractivity contribution in [3.05, 3.63) is 35.4 Å². The topological polar surface area (TPSA) is 0 Å². The van der Waals surface area contributed by atoms with Crippen molar-refractivity contribution in [1.29, 1.82) is 0 Å². The molecule has 176 valence electrons. The third-order valence-electron chi connectivity index (χ3n) is 10.8. The molecule has 0 amide bonds. The maximum Gasteiger partial charge on any atom is 0.129 e. The highest BCUT2D eigenvalue weighted by Crippen LogP contribution is 2.32. The van der Waals surface area contributed by atoms with Crippen LogP contribution in [-0.2, 0) is 13.1 Å². The van der Waals surface area contributed by atoms with E-state index in [2.05, 4.69) is 24.3 Å². The molecule has 0 radical (unpaired) electrons. The summed E-state index contributed by atoms with van der Waals surface area (Å²) >= 11 is 0. The minimum atomic E-state index is 1.29. The Labute approximate surface area is 196 Å². The van der Waals surface area contributed by atoms with Crippen LogP contribution < -0.4 is 0 Å². The summed E-state index contributed by atoms with van der Waals surface area (Å²) in [6.07, 6.45) is 8.87. The zero-order valence-electron chi connectivity index (χ0n) is 20.7.